The minimum atomic E-state index is -3.58. The van der Waals surface area contributed by atoms with Crippen LogP contribution in [0.2, 0.25) is 5.02 Å². The summed E-state index contributed by atoms with van der Waals surface area (Å²) in [7, 11) is -3.58. The van der Waals surface area contributed by atoms with Crippen molar-refractivity contribution in [3.63, 3.8) is 0 Å². The second-order valence-electron chi connectivity index (χ2n) is 8.02. The smallest absolute Gasteiger partial charge is 0.243 e. The second-order valence-corrected chi connectivity index (χ2v) is 10.4. The number of benzene rings is 1. The lowest BCUT2D eigenvalue weighted by molar-refractivity contribution is 0.382. The highest BCUT2D eigenvalue weighted by Crippen LogP contribution is 2.26. The average molecular weight is 450 g/mol. The van der Waals surface area contributed by atoms with Gasteiger partial charge in [0.25, 0.3) is 0 Å². The molecular weight excluding hydrogens is 422 g/mol. The van der Waals surface area contributed by atoms with Gasteiger partial charge in [-0.3, -0.25) is 0 Å². The summed E-state index contributed by atoms with van der Waals surface area (Å²) in [6, 6.07) is 7.03. The molecule has 4 rings (SSSR count). The van der Waals surface area contributed by atoms with Crippen molar-refractivity contribution < 1.29 is 8.42 Å². The fourth-order valence-corrected chi connectivity index (χ4v) is 5.99. The molecule has 1 aromatic heterocycles. The summed E-state index contributed by atoms with van der Waals surface area (Å²) in [4.78, 5) is 14.1. The molecule has 2 aromatic rings. The van der Waals surface area contributed by atoms with Gasteiger partial charge in [-0.05, 0) is 50.8 Å². The van der Waals surface area contributed by atoms with Crippen LogP contribution in [-0.2, 0) is 10.0 Å². The maximum absolute atomic E-state index is 13.1. The minimum absolute atomic E-state index is 0.280. The summed E-state index contributed by atoms with van der Waals surface area (Å²) in [5.74, 6) is 1.66. The molecule has 0 bridgehead atoms. The van der Waals surface area contributed by atoms with Gasteiger partial charge >= 0.3 is 0 Å². The van der Waals surface area contributed by atoms with Crippen LogP contribution in [0.4, 0.5) is 11.8 Å². The molecule has 0 amide bonds. The Morgan fingerprint density at radius 2 is 1.57 bits per heavy atom. The lowest BCUT2D eigenvalue weighted by atomic mass is 10.1. The Labute approximate surface area is 183 Å². The highest BCUT2D eigenvalue weighted by atomic mass is 35.5. The van der Waals surface area contributed by atoms with Crippen LogP contribution in [0.25, 0.3) is 0 Å². The highest BCUT2D eigenvalue weighted by Gasteiger charge is 2.31. The molecule has 0 aliphatic carbocycles. The number of piperazine rings is 1. The molecule has 2 saturated heterocycles. The van der Waals surface area contributed by atoms with Crippen LogP contribution in [0.5, 0.6) is 0 Å². The van der Waals surface area contributed by atoms with E-state index in [9.17, 15) is 8.42 Å². The van der Waals surface area contributed by atoms with Crippen molar-refractivity contribution in [3.05, 3.63) is 40.5 Å². The Morgan fingerprint density at radius 3 is 2.27 bits per heavy atom. The topological polar surface area (TPSA) is 69.6 Å². The molecule has 3 heterocycles. The quantitative estimate of drug-likeness (QED) is 0.713. The van der Waals surface area contributed by atoms with E-state index in [0.717, 1.165) is 24.6 Å². The second kappa shape index (κ2) is 8.69. The zero-order chi connectivity index (χ0) is 21.3. The third-order valence-electron chi connectivity index (χ3n) is 5.80. The van der Waals surface area contributed by atoms with Gasteiger partial charge in [-0.2, -0.15) is 9.29 Å². The van der Waals surface area contributed by atoms with Crippen LogP contribution in [-0.4, -0.2) is 62.0 Å². The molecule has 2 fully saturated rings. The van der Waals surface area contributed by atoms with E-state index in [0.29, 0.717) is 42.7 Å². The number of halogens is 1. The molecule has 2 aliphatic rings. The first-order valence-corrected chi connectivity index (χ1v) is 12.3. The van der Waals surface area contributed by atoms with Gasteiger partial charge in [-0.15, -0.1) is 0 Å². The van der Waals surface area contributed by atoms with E-state index in [4.69, 9.17) is 16.6 Å². The van der Waals surface area contributed by atoms with Gasteiger partial charge in [0.05, 0.1) is 4.90 Å². The standard InChI is InChI=1S/C21H28ClN5O2S/c1-16-6-7-18(22)15-19(16)30(28,29)27-12-10-26(11-13-27)21-23-17(2)14-20(24-21)25-8-4-3-5-9-25/h6-7,14-15H,3-5,8-13H2,1-2H3. The molecule has 0 spiro atoms. The van der Waals surface area contributed by atoms with Crippen molar-refractivity contribution in [1.29, 1.82) is 0 Å². The Hall–Kier alpha value is -1.90. The van der Waals surface area contributed by atoms with Crippen LogP contribution in [0, 0.1) is 13.8 Å². The number of piperidine rings is 1. The number of hydrogen-bond acceptors (Lipinski definition) is 6. The first kappa shape index (κ1) is 21.3. The number of rotatable bonds is 4. The molecule has 1 aromatic carbocycles. The zero-order valence-electron chi connectivity index (χ0n) is 17.5. The molecule has 0 unspecified atom stereocenters. The van der Waals surface area contributed by atoms with Crippen LogP contribution in [0.3, 0.4) is 0 Å². The van der Waals surface area contributed by atoms with Crippen molar-refractivity contribution in [2.24, 2.45) is 0 Å². The summed E-state index contributed by atoms with van der Waals surface area (Å²) in [6.45, 7) is 7.74. The third kappa shape index (κ3) is 4.40. The van der Waals surface area contributed by atoms with Crippen molar-refractivity contribution in [2.45, 2.75) is 38.0 Å². The summed E-state index contributed by atoms with van der Waals surface area (Å²) in [5.41, 5.74) is 1.64. The Morgan fingerprint density at radius 1 is 0.867 bits per heavy atom. The van der Waals surface area contributed by atoms with Crippen LogP contribution < -0.4 is 9.80 Å². The van der Waals surface area contributed by atoms with Crippen LogP contribution in [0.15, 0.2) is 29.2 Å². The van der Waals surface area contributed by atoms with Gasteiger partial charge in [0.2, 0.25) is 16.0 Å². The van der Waals surface area contributed by atoms with Crippen LogP contribution in [0.1, 0.15) is 30.5 Å². The Bertz CT molecular complexity index is 1020. The number of nitrogens with zero attached hydrogens (tertiary/aromatic N) is 5. The molecule has 0 saturated carbocycles. The van der Waals surface area contributed by atoms with Crippen molar-refractivity contribution in [3.8, 4) is 0 Å². The average Bonchev–Trinajstić information content (AvgIpc) is 2.75. The molecule has 0 radical (unpaired) electrons. The van der Waals surface area contributed by atoms with E-state index < -0.39 is 10.0 Å². The summed E-state index contributed by atoms with van der Waals surface area (Å²) in [6.07, 6.45) is 3.66. The molecule has 0 atom stereocenters. The predicted octanol–water partition coefficient (Wildman–Crippen LogP) is 3.25. The maximum Gasteiger partial charge on any atom is 0.243 e. The molecule has 2 aliphatic heterocycles. The first-order valence-electron chi connectivity index (χ1n) is 10.5. The third-order valence-corrected chi connectivity index (χ3v) is 8.07. The number of hydrogen-bond donors (Lipinski definition) is 0. The number of aromatic nitrogens is 2. The highest BCUT2D eigenvalue weighted by molar-refractivity contribution is 7.89. The lowest BCUT2D eigenvalue weighted by Gasteiger charge is -2.35. The van der Waals surface area contributed by atoms with Gasteiger partial charge in [0, 0.05) is 56.1 Å². The Balaban J connectivity index is 1.49. The fourth-order valence-electron chi connectivity index (χ4n) is 4.08. The van der Waals surface area contributed by atoms with Gasteiger partial charge in [-0.1, -0.05) is 17.7 Å². The summed E-state index contributed by atoms with van der Waals surface area (Å²) < 4.78 is 27.8. The SMILES string of the molecule is Cc1cc(N2CCCCC2)nc(N2CCN(S(=O)(=O)c3cc(Cl)ccc3C)CC2)n1. The summed E-state index contributed by atoms with van der Waals surface area (Å²) >= 11 is 6.05. The number of sulfonamides is 1. The van der Waals surface area contributed by atoms with E-state index in [1.54, 1.807) is 19.1 Å². The van der Waals surface area contributed by atoms with E-state index in [-0.39, 0.29) is 4.90 Å². The van der Waals surface area contributed by atoms with E-state index >= 15 is 0 Å². The molecule has 9 heteroatoms. The van der Waals surface area contributed by atoms with Crippen molar-refractivity contribution in [1.82, 2.24) is 14.3 Å². The predicted molar refractivity (Wildman–Crippen MR) is 120 cm³/mol. The zero-order valence-corrected chi connectivity index (χ0v) is 19.1. The molecular formula is C21H28ClN5O2S. The van der Waals surface area contributed by atoms with Gasteiger partial charge in [0.1, 0.15) is 5.82 Å². The minimum Gasteiger partial charge on any atom is -0.356 e. The Kier molecular flexibility index (Phi) is 6.18. The maximum atomic E-state index is 13.1. The molecule has 162 valence electrons. The number of aryl methyl sites for hydroxylation is 2. The number of anilines is 2. The van der Waals surface area contributed by atoms with Gasteiger partial charge in [0.15, 0.2) is 0 Å². The molecule has 7 nitrogen and oxygen atoms in total. The summed E-state index contributed by atoms with van der Waals surface area (Å²) in [5, 5.41) is 0.427. The fraction of sp³-hybridized carbons (Fsp3) is 0.524. The lowest BCUT2D eigenvalue weighted by Crippen LogP contribution is -2.49. The van der Waals surface area contributed by atoms with Crippen molar-refractivity contribution in [2.75, 3.05) is 49.1 Å². The molecule has 0 N–H and O–H groups in total. The normalized spacial score (nSPS) is 18.6. The first-order chi connectivity index (χ1) is 14.3. The molecule has 30 heavy (non-hydrogen) atoms. The van der Waals surface area contributed by atoms with Crippen molar-refractivity contribution >= 4 is 33.4 Å². The van der Waals surface area contributed by atoms with E-state index in [1.807, 2.05) is 13.0 Å². The van der Waals surface area contributed by atoms with E-state index in [2.05, 4.69) is 14.8 Å². The van der Waals surface area contributed by atoms with Gasteiger partial charge in [-0.25, -0.2) is 13.4 Å². The van der Waals surface area contributed by atoms with Crippen LogP contribution >= 0.6 is 11.6 Å². The monoisotopic (exact) mass is 449 g/mol. The van der Waals surface area contributed by atoms with E-state index in [1.165, 1.54) is 29.6 Å². The largest absolute Gasteiger partial charge is 0.356 e. The van der Waals surface area contributed by atoms with Gasteiger partial charge < -0.3 is 9.80 Å².